The van der Waals surface area contributed by atoms with E-state index in [1.165, 1.54) is 0 Å². The maximum absolute atomic E-state index is 12.3. The number of fused-ring (bicyclic) bond motifs is 1. The summed E-state index contributed by atoms with van der Waals surface area (Å²) in [5.41, 5.74) is -1.47. The molecule has 0 aromatic heterocycles. The molecular weight excluding hydrogens is 286 g/mol. The SMILES string of the molecule is CNC(=O)C(C)(C)CNC(=O)N1C[C@@H]2CCC[C@@]2(C(=O)O)C1. The van der Waals surface area contributed by atoms with E-state index in [0.29, 0.717) is 13.0 Å². The highest BCUT2D eigenvalue weighted by molar-refractivity contribution is 5.83. The number of hydrogen-bond acceptors (Lipinski definition) is 3. The van der Waals surface area contributed by atoms with Crippen molar-refractivity contribution in [1.29, 1.82) is 0 Å². The first-order valence-electron chi connectivity index (χ1n) is 7.71. The molecule has 1 heterocycles. The van der Waals surface area contributed by atoms with Crippen LogP contribution in [0.1, 0.15) is 33.1 Å². The number of aliphatic carboxylic acids is 1. The number of urea groups is 1. The largest absolute Gasteiger partial charge is 0.481 e. The Morgan fingerprint density at radius 3 is 2.59 bits per heavy atom. The third-order valence-electron chi connectivity index (χ3n) is 5.11. The van der Waals surface area contributed by atoms with Crippen molar-refractivity contribution < 1.29 is 19.5 Å². The molecule has 2 rings (SSSR count). The molecule has 3 amide bonds. The number of carbonyl (C=O) groups is 3. The van der Waals surface area contributed by atoms with Crippen molar-refractivity contribution in [3.05, 3.63) is 0 Å². The number of rotatable bonds is 4. The van der Waals surface area contributed by atoms with Gasteiger partial charge in [-0.05, 0) is 32.6 Å². The maximum atomic E-state index is 12.3. The predicted octanol–water partition coefficient (Wildman–Crippen LogP) is 0.655. The van der Waals surface area contributed by atoms with Gasteiger partial charge in [-0.1, -0.05) is 6.42 Å². The second-order valence-corrected chi connectivity index (χ2v) is 7.05. The number of carboxylic acid groups (broad SMARTS) is 1. The van der Waals surface area contributed by atoms with Gasteiger partial charge >= 0.3 is 12.0 Å². The van der Waals surface area contributed by atoms with Crippen LogP contribution in [0, 0.1) is 16.7 Å². The van der Waals surface area contributed by atoms with Gasteiger partial charge in [0.15, 0.2) is 0 Å². The number of nitrogens with one attached hydrogen (secondary N) is 2. The lowest BCUT2D eigenvalue weighted by Crippen LogP contribution is -2.48. The molecule has 0 bridgehead atoms. The Balaban J connectivity index is 1.95. The van der Waals surface area contributed by atoms with E-state index < -0.39 is 16.8 Å². The van der Waals surface area contributed by atoms with Crippen molar-refractivity contribution >= 4 is 17.9 Å². The van der Waals surface area contributed by atoms with Crippen molar-refractivity contribution in [1.82, 2.24) is 15.5 Å². The zero-order valence-electron chi connectivity index (χ0n) is 13.4. The quantitative estimate of drug-likeness (QED) is 0.710. The predicted molar refractivity (Wildman–Crippen MR) is 80.2 cm³/mol. The molecule has 3 N–H and O–H groups in total. The van der Waals surface area contributed by atoms with Gasteiger partial charge < -0.3 is 20.6 Å². The minimum atomic E-state index is -0.795. The first-order chi connectivity index (χ1) is 10.2. The Bertz CT molecular complexity index is 491. The van der Waals surface area contributed by atoms with Crippen LogP contribution in [0.5, 0.6) is 0 Å². The summed E-state index contributed by atoms with van der Waals surface area (Å²) >= 11 is 0. The summed E-state index contributed by atoms with van der Waals surface area (Å²) < 4.78 is 0. The number of likely N-dealkylation sites (tertiary alicyclic amines) is 1. The number of nitrogens with zero attached hydrogens (tertiary/aromatic N) is 1. The number of amides is 3. The fourth-order valence-corrected chi connectivity index (χ4v) is 3.62. The highest BCUT2D eigenvalue weighted by Gasteiger charge is 2.55. The van der Waals surface area contributed by atoms with Crippen molar-refractivity contribution in [2.75, 3.05) is 26.7 Å². The fraction of sp³-hybridized carbons (Fsp3) is 0.800. The average Bonchev–Trinajstić information content (AvgIpc) is 3.01. The molecule has 0 spiro atoms. The summed E-state index contributed by atoms with van der Waals surface area (Å²) in [6, 6.07) is -0.285. The van der Waals surface area contributed by atoms with E-state index in [1.807, 2.05) is 0 Å². The van der Waals surface area contributed by atoms with Crippen LogP contribution in [0.4, 0.5) is 4.79 Å². The van der Waals surface area contributed by atoms with Crippen LogP contribution in [-0.4, -0.2) is 54.6 Å². The minimum absolute atomic E-state index is 0.0442. The van der Waals surface area contributed by atoms with Crippen LogP contribution in [-0.2, 0) is 9.59 Å². The molecule has 1 aliphatic heterocycles. The second kappa shape index (κ2) is 5.78. The van der Waals surface area contributed by atoms with Crippen molar-refractivity contribution in [2.24, 2.45) is 16.7 Å². The van der Waals surface area contributed by atoms with E-state index in [9.17, 15) is 19.5 Å². The second-order valence-electron chi connectivity index (χ2n) is 7.05. The molecule has 0 aromatic rings. The lowest BCUT2D eigenvalue weighted by molar-refractivity contribution is -0.149. The molecular formula is C15H25N3O4. The summed E-state index contributed by atoms with van der Waals surface area (Å²) in [5, 5.41) is 14.9. The van der Waals surface area contributed by atoms with Crippen LogP contribution in [0.3, 0.4) is 0 Å². The van der Waals surface area contributed by atoms with Gasteiger partial charge in [-0.25, -0.2) is 4.79 Å². The average molecular weight is 311 g/mol. The van der Waals surface area contributed by atoms with E-state index >= 15 is 0 Å². The van der Waals surface area contributed by atoms with Crippen molar-refractivity contribution in [3.63, 3.8) is 0 Å². The summed E-state index contributed by atoms with van der Waals surface area (Å²) in [6.45, 7) is 4.47. The van der Waals surface area contributed by atoms with E-state index in [1.54, 1.807) is 25.8 Å². The van der Waals surface area contributed by atoms with Crippen LogP contribution in [0.2, 0.25) is 0 Å². The van der Waals surface area contributed by atoms with Crippen molar-refractivity contribution in [3.8, 4) is 0 Å². The van der Waals surface area contributed by atoms with Gasteiger partial charge in [0, 0.05) is 26.7 Å². The van der Waals surface area contributed by atoms with Gasteiger partial charge in [0.1, 0.15) is 0 Å². The lowest BCUT2D eigenvalue weighted by Gasteiger charge is -2.26. The standard InChI is InChI=1S/C15H25N3O4/c1-14(2,11(19)16-3)8-17-13(22)18-7-10-5-4-6-15(10,9-18)12(20)21/h10H,4-9H2,1-3H3,(H,16,19)(H,17,22)(H,20,21)/t10-,15+/m0/s1. The van der Waals surface area contributed by atoms with Gasteiger partial charge in [-0.2, -0.15) is 0 Å². The van der Waals surface area contributed by atoms with E-state index in [4.69, 9.17) is 0 Å². The molecule has 1 saturated carbocycles. The highest BCUT2D eigenvalue weighted by atomic mass is 16.4. The Morgan fingerprint density at radius 2 is 2.05 bits per heavy atom. The van der Waals surface area contributed by atoms with Gasteiger partial charge in [0.25, 0.3) is 0 Å². The monoisotopic (exact) mass is 311 g/mol. The Hall–Kier alpha value is -1.79. The van der Waals surface area contributed by atoms with Crippen LogP contribution in [0.15, 0.2) is 0 Å². The third-order valence-corrected chi connectivity index (χ3v) is 5.11. The number of carboxylic acids is 1. The van der Waals surface area contributed by atoms with Crippen molar-refractivity contribution in [2.45, 2.75) is 33.1 Å². The molecule has 1 saturated heterocycles. The van der Waals surface area contributed by atoms with Crippen LogP contribution < -0.4 is 10.6 Å². The molecule has 0 unspecified atom stereocenters. The number of carbonyl (C=O) groups excluding carboxylic acids is 2. The van der Waals surface area contributed by atoms with Gasteiger partial charge in [-0.3, -0.25) is 9.59 Å². The first-order valence-corrected chi connectivity index (χ1v) is 7.71. The third kappa shape index (κ3) is 2.76. The molecule has 0 radical (unpaired) electrons. The molecule has 7 nitrogen and oxygen atoms in total. The smallest absolute Gasteiger partial charge is 0.317 e. The molecule has 1 aliphatic carbocycles. The fourth-order valence-electron chi connectivity index (χ4n) is 3.62. The Morgan fingerprint density at radius 1 is 1.36 bits per heavy atom. The summed E-state index contributed by atoms with van der Waals surface area (Å²) in [6.07, 6.45) is 2.41. The van der Waals surface area contributed by atoms with Gasteiger partial charge in [0.2, 0.25) is 5.91 Å². The normalized spacial score (nSPS) is 27.4. The minimum Gasteiger partial charge on any atom is -0.481 e. The lowest BCUT2D eigenvalue weighted by atomic mass is 9.81. The van der Waals surface area contributed by atoms with E-state index in [0.717, 1.165) is 12.8 Å². The van der Waals surface area contributed by atoms with Gasteiger partial charge in [-0.15, -0.1) is 0 Å². The number of hydrogen-bond donors (Lipinski definition) is 3. The molecule has 2 atom stereocenters. The Kier molecular flexibility index (Phi) is 4.35. The summed E-state index contributed by atoms with van der Waals surface area (Å²) in [7, 11) is 1.56. The molecule has 124 valence electrons. The summed E-state index contributed by atoms with van der Waals surface area (Å²) in [5.74, 6) is -0.896. The molecule has 22 heavy (non-hydrogen) atoms. The van der Waals surface area contributed by atoms with E-state index in [-0.39, 0.29) is 30.9 Å². The first kappa shape index (κ1) is 16.6. The topological polar surface area (TPSA) is 98.7 Å². The van der Waals surface area contributed by atoms with Crippen LogP contribution in [0.25, 0.3) is 0 Å². The van der Waals surface area contributed by atoms with Gasteiger partial charge in [0.05, 0.1) is 10.8 Å². The zero-order valence-corrected chi connectivity index (χ0v) is 13.4. The Labute approximate surface area is 130 Å². The molecule has 7 heteroatoms. The van der Waals surface area contributed by atoms with Crippen LogP contribution >= 0.6 is 0 Å². The maximum Gasteiger partial charge on any atom is 0.317 e. The molecule has 0 aromatic carbocycles. The summed E-state index contributed by atoms with van der Waals surface area (Å²) in [4.78, 5) is 37.2. The molecule has 2 aliphatic rings. The van der Waals surface area contributed by atoms with E-state index in [2.05, 4.69) is 10.6 Å². The zero-order chi connectivity index (χ0) is 16.5. The molecule has 2 fully saturated rings. The highest BCUT2D eigenvalue weighted by Crippen LogP contribution is 2.48.